The molecular formula is C29H36N2O6. The molecule has 0 aromatic heterocycles. The van der Waals surface area contributed by atoms with Crippen LogP contribution in [0, 0.1) is 0 Å². The van der Waals surface area contributed by atoms with Gasteiger partial charge in [-0.15, -0.1) is 0 Å². The van der Waals surface area contributed by atoms with Crippen molar-refractivity contribution >= 4 is 17.4 Å². The van der Waals surface area contributed by atoms with Crippen molar-refractivity contribution in [2.75, 3.05) is 46.0 Å². The first-order valence-electron chi connectivity index (χ1n) is 13.0. The first kappa shape index (κ1) is 26.7. The lowest BCUT2D eigenvalue weighted by molar-refractivity contribution is -0.140. The minimum absolute atomic E-state index is 0.0124. The van der Waals surface area contributed by atoms with E-state index in [1.807, 2.05) is 45.0 Å². The minimum Gasteiger partial charge on any atom is -0.507 e. The van der Waals surface area contributed by atoms with E-state index in [1.165, 1.54) is 0 Å². The van der Waals surface area contributed by atoms with Crippen LogP contribution >= 0.6 is 0 Å². The van der Waals surface area contributed by atoms with E-state index in [9.17, 15) is 14.7 Å². The minimum atomic E-state index is -0.724. The summed E-state index contributed by atoms with van der Waals surface area (Å²) in [5, 5.41) is 11.3. The lowest BCUT2D eigenvalue weighted by Crippen LogP contribution is -2.42. The third-order valence-electron chi connectivity index (χ3n) is 6.45. The van der Waals surface area contributed by atoms with E-state index in [4.69, 9.17) is 14.2 Å². The lowest BCUT2D eigenvalue weighted by Gasteiger charge is -2.31. The Bertz CT molecular complexity index is 1120. The molecule has 0 saturated carbocycles. The summed E-state index contributed by atoms with van der Waals surface area (Å²) < 4.78 is 17.0. The number of carbonyl (C=O) groups excluding carboxylic acids is 2. The summed E-state index contributed by atoms with van der Waals surface area (Å²) >= 11 is 0. The van der Waals surface area contributed by atoms with Crippen LogP contribution in [-0.2, 0) is 14.3 Å². The number of hydrogen-bond donors (Lipinski definition) is 1. The highest BCUT2D eigenvalue weighted by atomic mass is 16.5. The highest BCUT2D eigenvalue weighted by Crippen LogP contribution is 2.40. The number of aliphatic hydroxyl groups is 1. The average molecular weight is 509 g/mol. The Morgan fingerprint density at radius 3 is 2.46 bits per heavy atom. The molecule has 0 bridgehead atoms. The Hall–Kier alpha value is -3.36. The summed E-state index contributed by atoms with van der Waals surface area (Å²) in [6.07, 6.45) is 0.872. The monoisotopic (exact) mass is 508 g/mol. The molecule has 37 heavy (non-hydrogen) atoms. The summed E-state index contributed by atoms with van der Waals surface area (Å²) in [6.45, 7) is 10.3. The molecule has 1 amide bonds. The number of benzene rings is 2. The van der Waals surface area contributed by atoms with Gasteiger partial charge in [0.05, 0.1) is 37.5 Å². The number of Topliss-reactive ketones (excluding diaryl/α,β-unsaturated/α-hetero) is 1. The van der Waals surface area contributed by atoms with Gasteiger partial charge in [-0.25, -0.2) is 0 Å². The fourth-order valence-corrected chi connectivity index (χ4v) is 4.64. The van der Waals surface area contributed by atoms with Crippen molar-refractivity contribution in [3.05, 3.63) is 65.2 Å². The fourth-order valence-electron chi connectivity index (χ4n) is 4.64. The van der Waals surface area contributed by atoms with Gasteiger partial charge in [-0.05, 0) is 62.2 Å². The SMILES string of the molecule is CCCOc1cccc([C@@H]2C(=C(O)c3ccc(OC(C)C)cc3)C(=O)C(=O)N2CCN2CCOCC2)c1. The molecule has 0 spiro atoms. The molecule has 2 aliphatic heterocycles. The number of ether oxygens (including phenoxy) is 3. The van der Waals surface area contributed by atoms with E-state index in [2.05, 4.69) is 4.90 Å². The molecule has 0 radical (unpaired) electrons. The van der Waals surface area contributed by atoms with Crippen LogP contribution < -0.4 is 9.47 Å². The molecule has 2 saturated heterocycles. The molecule has 2 aliphatic rings. The fraction of sp³-hybridized carbons (Fsp3) is 0.448. The number of ketones is 1. The number of amides is 1. The molecule has 0 unspecified atom stereocenters. The van der Waals surface area contributed by atoms with Crippen molar-refractivity contribution in [2.24, 2.45) is 0 Å². The van der Waals surface area contributed by atoms with E-state index >= 15 is 0 Å². The van der Waals surface area contributed by atoms with Crippen molar-refractivity contribution in [3.63, 3.8) is 0 Å². The zero-order valence-corrected chi connectivity index (χ0v) is 21.8. The summed E-state index contributed by atoms with van der Waals surface area (Å²) in [5.41, 5.74) is 1.25. The highest BCUT2D eigenvalue weighted by Gasteiger charge is 2.46. The Labute approximate surface area is 218 Å². The van der Waals surface area contributed by atoms with Crippen LogP contribution in [0.15, 0.2) is 54.1 Å². The van der Waals surface area contributed by atoms with Crippen LogP contribution in [-0.4, -0.2) is 78.7 Å². The van der Waals surface area contributed by atoms with Gasteiger partial charge in [0.2, 0.25) is 0 Å². The van der Waals surface area contributed by atoms with E-state index < -0.39 is 17.7 Å². The maximum atomic E-state index is 13.3. The van der Waals surface area contributed by atoms with Crippen LogP contribution in [0.2, 0.25) is 0 Å². The Kier molecular flexibility index (Phi) is 8.84. The summed E-state index contributed by atoms with van der Waals surface area (Å²) in [7, 11) is 0. The first-order chi connectivity index (χ1) is 17.9. The third kappa shape index (κ3) is 6.32. The van der Waals surface area contributed by atoms with E-state index in [0.717, 1.165) is 25.1 Å². The van der Waals surface area contributed by atoms with Crippen molar-refractivity contribution < 1.29 is 28.9 Å². The second-order valence-corrected chi connectivity index (χ2v) is 9.56. The standard InChI is InChI=1S/C29H36N2O6/c1-4-16-36-24-7-5-6-22(19-24)26-25(27(32)21-8-10-23(11-9-21)37-20(2)3)28(33)29(34)31(26)13-12-30-14-17-35-18-15-30/h5-11,19-20,26,32H,4,12-18H2,1-3H3/t26-/m1/s1. The Balaban J connectivity index is 1.71. The van der Waals surface area contributed by atoms with Gasteiger partial charge < -0.3 is 24.2 Å². The van der Waals surface area contributed by atoms with E-state index in [1.54, 1.807) is 29.2 Å². The molecular weight excluding hydrogens is 472 g/mol. The van der Waals surface area contributed by atoms with Crippen LogP contribution in [0.3, 0.4) is 0 Å². The number of carbonyl (C=O) groups is 2. The van der Waals surface area contributed by atoms with Gasteiger partial charge in [-0.3, -0.25) is 14.5 Å². The molecule has 0 aliphatic carbocycles. The first-order valence-corrected chi connectivity index (χ1v) is 13.0. The zero-order chi connectivity index (χ0) is 26.4. The van der Waals surface area contributed by atoms with Crippen molar-refractivity contribution in [1.29, 1.82) is 0 Å². The smallest absolute Gasteiger partial charge is 0.295 e. The molecule has 4 rings (SSSR count). The van der Waals surface area contributed by atoms with Gasteiger partial charge in [0.15, 0.2) is 0 Å². The van der Waals surface area contributed by atoms with Gasteiger partial charge in [-0.1, -0.05) is 19.1 Å². The van der Waals surface area contributed by atoms with Crippen LogP contribution in [0.25, 0.3) is 5.76 Å². The Morgan fingerprint density at radius 1 is 1.05 bits per heavy atom. The topological polar surface area (TPSA) is 88.5 Å². The highest BCUT2D eigenvalue weighted by molar-refractivity contribution is 6.46. The molecule has 1 atom stereocenters. The number of rotatable bonds is 10. The maximum Gasteiger partial charge on any atom is 0.295 e. The summed E-state index contributed by atoms with van der Waals surface area (Å²) in [6, 6.07) is 13.6. The van der Waals surface area contributed by atoms with Crippen LogP contribution in [0.1, 0.15) is 44.4 Å². The molecule has 2 heterocycles. The number of likely N-dealkylation sites (tertiary alicyclic amines) is 1. The van der Waals surface area contributed by atoms with Crippen molar-refractivity contribution in [2.45, 2.75) is 39.3 Å². The van der Waals surface area contributed by atoms with Gasteiger partial charge in [0.1, 0.15) is 17.3 Å². The van der Waals surface area contributed by atoms with Crippen molar-refractivity contribution in [1.82, 2.24) is 9.80 Å². The number of morpholine rings is 1. The van der Waals surface area contributed by atoms with Gasteiger partial charge in [0.25, 0.3) is 11.7 Å². The van der Waals surface area contributed by atoms with Gasteiger partial charge in [0, 0.05) is 31.7 Å². The van der Waals surface area contributed by atoms with E-state index in [0.29, 0.717) is 50.0 Å². The number of nitrogens with zero attached hydrogens (tertiary/aromatic N) is 2. The maximum absolute atomic E-state index is 13.3. The molecule has 8 heteroatoms. The summed E-state index contributed by atoms with van der Waals surface area (Å²) in [5.74, 6) is -0.178. The molecule has 8 nitrogen and oxygen atoms in total. The van der Waals surface area contributed by atoms with Gasteiger partial charge in [-0.2, -0.15) is 0 Å². The predicted molar refractivity (Wildman–Crippen MR) is 141 cm³/mol. The molecule has 1 N–H and O–H groups in total. The van der Waals surface area contributed by atoms with Crippen molar-refractivity contribution in [3.8, 4) is 11.5 Å². The number of aliphatic hydroxyl groups excluding tert-OH is 1. The second kappa shape index (κ2) is 12.3. The summed E-state index contributed by atoms with van der Waals surface area (Å²) in [4.78, 5) is 30.4. The number of hydrogen-bond acceptors (Lipinski definition) is 7. The molecule has 2 aromatic rings. The van der Waals surface area contributed by atoms with E-state index in [-0.39, 0.29) is 17.4 Å². The average Bonchev–Trinajstić information content (AvgIpc) is 3.16. The molecule has 2 fully saturated rings. The Morgan fingerprint density at radius 2 is 1.78 bits per heavy atom. The third-order valence-corrected chi connectivity index (χ3v) is 6.45. The second-order valence-electron chi connectivity index (χ2n) is 9.56. The normalized spacial score (nSPS) is 20.0. The molecule has 2 aromatic carbocycles. The quantitative estimate of drug-likeness (QED) is 0.295. The zero-order valence-electron chi connectivity index (χ0n) is 21.8. The predicted octanol–water partition coefficient (Wildman–Crippen LogP) is 4.02. The van der Waals surface area contributed by atoms with Gasteiger partial charge >= 0.3 is 0 Å². The lowest BCUT2D eigenvalue weighted by atomic mass is 9.95. The van der Waals surface area contributed by atoms with Crippen LogP contribution in [0.5, 0.6) is 11.5 Å². The molecule has 198 valence electrons. The van der Waals surface area contributed by atoms with Crippen LogP contribution in [0.4, 0.5) is 0 Å². The largest absolute Gasteiger partial charge is 0.507 e.